The second-order valence-corrected chi connectivity index (χ2v) is 6.85. The summed E-state index contributed by atoms with van der Waals surface area (Å²) in [5, 5.41) is 15.6. The molecular weight excluding hydrogens is 358 g/mol. The summed E-state index contributed by atoms with van der Waals surface area (Å²) in [6.07, 6.45) is 0.0728. The summed E-state index contributed by atoms with van der Waals surface area (Å²) in [4.78, 5) is 21.6. The molecular formula is C21H13N3O2S. The number of para-hydroxylation sites is 1. The summed E-state index contributed by atoms with van der Waals surface area (Å²) < 4.78 is 0.942. The highest BCUT2D eigenvalue weighted by atomic mass is 32.1. The monoisotopic (exact) mass is 371 g/mol. The maximum Gasteiger partial charge on any atom is 0.339 e. The Hall–Kier alpha value is -3.56. The molecule has 130 valence electrons. The average molecular weight is 371 g/mol. The second kappa shape index (κ2) is 7.36. The van der Waals surface area contributed by atoms with Crippen molar-refractivity contribution < 1.29 is 9.63 Å². The molecule has 0 aliphatic carbocycles. The Labute approximate surface area is 159 Å². The fourth-order valence-electron chi connectivity index (χ4n) is 2.81. The Morgan fingerprint density at radius 1 is 1.07 bits per heavy atom. The Morgan fingerprint density at radius 3 is 2.70 bits per heavy atom. The van der Waals surface area contributed by atoms with Crippen LogP contribution in [0.3, 0.4) is 0 Å². The number of nitriles is 1. The third-order valence-electron chi connectivity index (χ3n) is 4.06. The lowest BCUT2D eigenvalue weighted by Gasteiger charge is -2.04. The molecule has 0 radical (unpaired) electrons. The van der Waals surface area contributed by atoms with E-state index in [1.165, 1.54) is 11.3 Å². The van der Waals surface area contributed by atoms with Crippen LogP contribution in [0.15, 0.2) is 71.9 Å². The van der Waals surface area contributed by atoms with Crippen molar-refractivity contribution in [3.8, 4) is 6.07 Å². The quantitative estimate of drug-likeness (QED) is 0.301. The number of nitrogens with zero attached hydrogens (tertiary/aromatic N) is 3. The van der Waals surface area contributed by atoms with Crippen LogP contribution in [0, 0.1) is 11.3 Å². The Balaban J connectivity index is 1.53. The third-order valence-corrected chi connectivity index (χ3v) is 5.10. The van der Waals surface area contributed by atoms with E-state index in [2.05, 4.69) is 10.1 Å². The van der Waals surface area contributed by atoms with Crippen molar-refractivity contribution in [1.29, 1.82) is 5.26 Å². The summed E-state index contributed by atoms with van der Waals surface area (Å²) >= 11 is 1.33. The average Bonchev–Trinajstić information content (AvgIpc) is 3.13. The highest BCUT2D eigenvalue weighted by Crippen LogP contribution is 2.22. The fraction of sp³-hybridized carbons (Fsp3) is 0.0476. The van der Waals surface area contributed by atoms with Crippen LogP contribution in [-0.4, -0.2) is 16.7 Å². The maximum atomic E-state index is 12.2. The zero-order valence-corrected chi connectivity index (χ0v) is 14.9. The van der Waals surface area contributed by atoms with Gasteiger partial charge in [0.15, 0.2) is 5.01 Å². The van der Waals surface area contributed by atoms with Gasteiger partial charge in [-0.2, -0.15) is 5.26 Å². The molecule has 0 saturated carbocycles. The molecule has 0 unspecified atom stereocenters. The zero-order valence-electron chi connectivity index (χ0n) is 14.1. The second-order valence-electron chi connectivity index (χ2n) is 5.82. The number of oxime groups is 1. The van der Waals surface area contributed by atoms with Crippen molar-refractivity contribution in [3.05, 3.63) is 77.3 Å². The smallest absolute Gasteiger partial charge is 0.316 e. The van der Waals surface area contributed by atoms with Crippen LogP contribution in [0.4, 0.5) is 0 Å². The Morgan fingerprint density at radius 2 is 1.85 bits per heavy atom. The highest BCUT2D eigenvalue weighted by Gasteiger charge is 2.13. The number of benzene rings is 3. The lowest BCUT2D eigenvalue weighted by molar-refractivity contribution is -0.142. The van der Waals surface area contributed by atoms with E-state index in [1.54, 1.807) is 0 Å². The number of hydrogen-bond donors (Lipinski definition) is 0. The number of rotatable bonds is 4. The third kappa shape index (κ3) is 3.54. The molecule has 0 spiro atoms. The first kappa shape index (κ1) is 16.9. The first-order valence-electron chi connectivity index (χ1n) is 8.25. The van der Waals surface area contributed by atoms with Crippen LogP contribution >= 0.6 is 11.3 Å². The Bertz CT molecular complexity index is 1180. The molecule has 0 aliphatic heterocycles. The van der Waals surface area contributed by atoms with Crippen LogP contribution in [0.25, 0.3) is 21.0 Å². The van der Waals surface area contributed by atoms with Crippen LogP contribution in [-0.2, 0) is 16.1 Å². The van der Waals surface area contributed by atoms with E-state index in [4.69, 9.17) is 4.84 Å². The van der Waals surface area contributed by atoms with Crippen molar-refractivity contribution >= 4 is 44.0 Å². The lowest BCUT2D eigenvalue weighted by atomic mass is 10.0. The number of carbonyl (C=O) groups is 1. The molecule has 27 heavy (non-hydrogen) atoms. The van der Waals surface area contributed by atoms with E-state index >= 15 is 0 Å². The predicted octanol–water partition coefficient (Wildman–Crippen LogP) is 4.46. The van der Waals surface area contributed by atoms with Crippen molar-refractivity contribution in [3.63, 3.8) is 0 Å². The minimum Gasteiger partial charge on any atom is -0.316 e. The maximum absolute atomic E-state index is 12.2. The van der Waals surface area contributed by atoms with Gasteiger partial charge in [0.2, 0.25) is 5.71 Å². The van der Waals surface area contributed by atoms with Gasteiger partial charge in [0.05, 0.1) is 16.6 Å². The van der Waals surface area contributed by atoms with Crippen LogP contribution in [0.2, 0.25) is 0 Å². The number of aromatic nitrogens is 1. The molecule has 0 atom stereocenters. The van der Waals surface area contributed by atoms with Gasteiger partial charge in [-0.25, -0.2) is 9.78 Å². The number of thiazole rings is 1. The van der Waals surface area contributed by atoms with Gasteiger partial charge in [0.1, 0.15) is 6.07 Å². The molecule has 1 heterocycles. The highest BCUT2D eigenvalue weighted by molar-refractivity contribution is 7.20. The largest absolute Gasteiger partial charge is 0.339 e. The van der Waals surface area contributed by atoms with Crippen LogP contribution < -0.4 is 0 Å². The van der Waals surface area contributed by atoms with E-state index in [0.717, 1.165) is 26.6 Å². The summed E-state index contributed by atoms with van der Waals surface area (Å²) in [5.41, 5.74) is 1.62. The number of carbonyl (C=O) groups excluding carboxylic acids is 1. The number of fused-ring (bicyclic) bond motifs is 2. The van der Waals surface area contributed by atoms with E-state index in [0.29, 0.717) is 5.01 Å². The van der Waals surface area contributed by atoms with Gasteiger partial charge in [-0.3, -0.25) is 0 Å². The van der Waals surface area contributed by atoms with Crippen molar-refractivity contribution in [2.75, 3.05) is 0 Å². The minimum absolute atomic E-state index is 0.0116. The van der Waals surface area contributed by atoms with Gasteiger partial charge in [0, 0.05) is 0 Å². The van der Waals surface area contributed by atoms with Crippen molar-refractivity contribution in [2.45, 2.75) is 6.42 Å². The van der Waals surface area contributed by atoms with Crippen LogP contribution in [0.1, 0.15) is 10.6 Å². The summed E-state index contributed by atoms with van der Waals surface area (Å²) in [5.74, 6) is -0.528. The molecule has 0 fully saturated rings. The first-order valence-corrected chi connectivity index (χ1v) is 9.07. The minimum atomic E-state index is -0.528. The van der Waals surface area contributed by atoms with E-state index in [1.807, 2.05) is 72.8 Å². The van der Waals surface area contributed by atoms with Gasteiger partial charge in [-0.05, 0) is 28.5 Å². The molecule has 3 aromatic carbocycles. The molecule has 0 aliphatic rings. The van der Waals surface area contributed by atoms with Crippen molar-refractivity contribution in [1.82, 2.24) is 4.98 Å². The number of hydrogen-bond acceptors (Lipinski definition) is 6. The molecule has 0 N–H and O–H groups in total. The molecule has 4 rings (SSSR count). The molecule has 6 heteroatoms. The van der Waals surface area contributed by atoms with Crippen LogP contribution in [0.5, 0.6) is 0 Å². The molecule has 0 saturated heterocycles. The summed E-state index contributed by atoms with van der Waals surface area (Å²) in [7, 11) is 0. The lowest BCUT2D eigenvalue weighted by Crippen LogP contribution is -2.07. The van der Waals surface area contributed by atoms with Gasteiger partial charge in [-0.15, -0.1) is 11.3 Å². The normalized spacial score (nSPS) is 11.4. The topological polar surface area (TPSA) is 75.3 Å². The zero-order chi connectivity index (χ0) is 18.6. The van der Waals surface area contributed by atoms with E-state index in [9.17, 15) is 10.1 Å². The SMILES string of the molecule is N#C/C(=N\OC(=O)Cc1cccc2ccccc12)c1nc2ccccc2s1. The molecule has 1 aromatic heterocycles. The van der Waals surface area contributed by atoms with Gasteiger partial charge in [0.25, 0.3) is 0 Å². The van der Waals surface area contributed by atoms with Crippen molar-refractivity contribution in [2.24, 2.45) is 5.16 Å². The molecule has 5 nitrogen and oxygen atoms in total. The van der Waals surface area contributed by atoms with E-state index < -0.39 is 5.97 Å². The molecule has 4 aromatic rings. The summed E-state index contributed by atoms with van der Waals surface area (Å²) in [6, 6.07) is 23.1. The first-order chi connectivity index (χ1) is 13.2. The predicted molar refractivity (Wildman–Crippen MR) is 106 cm³/mol. The standard InChI is InChI=1S/C21H13N3O2S/c22-13-18(21-23-17-10-3-4-11-19(17)27-21)24-26-20(25)12-15-8-5-7-14-6-1-2-9-16(14)15/h1-11H,12H2/b24-18+. The fourth-order valence-corrected chi connectivity index (χ4v) is 3.71. The summed E-state index contributed by atoms with van der Waals surface area (Å²) in [6.45, 7) is 0. The van der Waals surface area contributed by atoms with Gasteiger partial charge < -0.3 is 4.84 Å². The van der Waals surface area contributed by atoms with E-state index in [-0.39, 0.29) is 12.1 Å². The molecule has 0 amide bonds. The Kier molecular flexibility index (Phi) is 4.60. The molecule has 0 bridgehead atoms. The van der Waals surface area contributed by atoms with Gasteiger partial charge >= 0.3 is 5.97 Å². The van der Waals surface area contributed by atoms with Gasteiger partial charge in [-0.1, -0.05) is 59.8 Å².